The lowest BCUT2D eigenvalue weighted by Crippen LogP contribution is -2.59. The Labute approximate surface area is 128 Å². The first-order chi connectivity index (χ1) is 9.95. The van der Waals surface area contributed by atoms with Gasteiger partial charge in [-0.1, -0.05) is 13.8 Å². The maximum absolute atomic E-state index is 5.86. The van der Waals surface area contributed by atoms with Crippen LogP contribution in [0.2, 0.25) is 0 Å². The van der Waals surface area contributed by atoms with Crippen LogP contribution in [0.25, 0.3) is 0 Å². The molecule has 1 aromatic heterocycles. The highest BCUT2D eigenvalue weighted by molar-refractivity contribution is 5.00. The molecule has 1 saturated heterocycles. The van der Waals surface area contributed by atoms with Crippen molar-refractivity contribution in [3.05, 3.63) is 12.2 Å². The molecular formula is C15H30N6. The van der Waals surface area contributed by atoms with Crippen LogP contribution in [0.4, 0.5) is 0 Å². The molecule has 0 aliphatic carbocycles. The van der Waals surface area contributed by atoms with Gasteiger partial charge in [-0.3, -0.25) is 16.2 Å². The maximum atomic E-state index is 5.86. The summed E-state index contributed by atoms with van der Waals surface area (Å²) in [4.78, 5) is 6.96. The fourth-order valence-electron chi connectivity index (χ4n) is 3.15. The molecule has 6 nitrogen and oxygen atoms in total. The Bertz CT molecular complexity index is 433. The normalized spacial score (nSPS) is 18.6. The van der Waals surface area contributed by atoms with Gasteiger partial charge in [0.25, 0.3) is 0 Å². The first kappa shape index (κ1) is 16.4. The number of hydrazine groups is 1. The quantitative estimate of drug-likeness (QED) is 0.584. The standard InChI is InChI=1S/C15H30N6/c1-12(2)10-21-14(17-11-18-21)9-13(19-16)15(3,4)20-7-5-6-8-20/h11-13,19H,5-10,16H2,1-4H3. The molecule has 1 atom stereocenters. The number of nitrogens with one attached hydrogen (secondary N) is 1. The number of nitrogens with zero attached hydrogens (tertiary/aromatic N) is 4. The number of nitrogens with two attached hydrogens (primary N) is 1. The van der Waals surface area contributed by atoms with E-state index >= 15 is 0 Å². The summed E-state index contributed by atoms with van der Waals surface area (Å²) in [5.41, 5.74) is 3.03. The van der Waals surface area contributed by atoms with E-state index in [9.17, 15) is 0 Å². The van der Waals surface area contributed by atoms with Crippen molar-refractivity contribution in [3.8, 4) is 0 Å². The second kappa shape index (κ2) is 6.85. The van der Waals surface area contributed by atoms with Crippen molar-refractivity contribution in [2.45, 2.75) is 65.1 Å². The number of likely N-dealkylation sites (tertiary alicyclic amines) is 1. The predicted molar refractivity (Wildman–Crippen MR) is 84.6 cm³/mol. The lowest BCUT2D eigenvalue weighted by Gasteiger charge is -2.41. The van der Waals surface area contributed by atoms with Crippen LogP contribution >= 0.6 is 0 Å². The summed E-state index contributed by atoms with van der Waals surface area (Å²) in [6.45, 7) is 12.1. The smallest absolute Gasteiger partial charge is 0.138 e. The van der Waals surface area contributed by atoms with E-state index in [1.165, 1.54) is 12.8 Å². The summed E-state index contributed by atoms with van der Waals surface area (Å²) in [5.74, 6) is 7.43. The summed E-state index contributed by atoms with van der Waals surface area (Å²) < 4.78 is 2.01. The Morgan fingerprint density at radius 2 is 2.00 bits per heavy atom. The molecule has 1 unspecified atom stereocenters. The average molecular weight is 294 g/mol. The summed E-state index contributed by atoms with van der Waals surface area (Å²) in [6, 6.07) is 0.158. The Morgan fingerprint density at radius 1 is 1.33 bits per heavy atom. The Morgan fingerprint density at radius 3 is 2.57 bits per heavy atom. The zero-order valence-corrected chi connectivity index (χ0v) is 13.8. The van der Waals surface area contributed by atoms with Gasteiger partial charge < -0.3 is 0 Å². The van der Waals surface area contributed by atoms with Gasteiger partial charge in [0.05, 0.1) is 0 Å². The van der Waals surface area contributed by atoms with E-state index in [0.717, 1.165) is 31.9 Å². The molecule has 0 radical (unpaired) electrons. The van der Waals surface area contributed by atoms with Gasteiger partial charge in [-0.25, -0.2) is 9.67 Å². The van der Waals surface area contributed by atoms with Crippen molar-refractivity contribution in [1.29, 1.82) is 0 Å². The third-order valence-corrected chi connectivity index (χ3v) is 4.60. The molecule has 6 heteroatoms. The van der Waals surface area contributed by atoms with Gasteiger partial charge >= 0.3 is 0 Å². The zero-order valence-electron chi connectivity index (χ0n) is 13.8. The Hall–Kier alpha value is -0.980. The SMILES string of the molecule is CC(C)Cn1ncnc1CC(NN)C(C)(C)N1CCCC1. The molecule has 0 spiro atoms. The number of hydrogen-bond acceptors (Lipinski definition) is 5. The Balaban J connectivity index is 2.09. The van der Waals surface area contributed by atoms with Crippen LogP contribution in [-0.4, -0.2) is 44.3 Å². The number of rotatable bonds is 7. The number of aromatic nitrogens is 3. The van der Waals surface area contributed by atoms with Crippen LogP contribution in [-0.2, 0) is 13.0 Å². The minimum atomic E-state index is 0.0138. The molecule has 1 aromatic rings. The van der Waals surface area contributed by atoms with Crippen molar-refractivity contribution < 1.29 is 0 Å². The monoisotopic (exact) mass is 294 g/mol. The van der Waals surface area contributed by atoms with Gasteiger partial charge in [0.15, 0.2) is 0 Å². The van der Waals surface area contributed by atoms with Gasteiger partial charge in [0, 0.05) is 24.5 Å². The first-order valence-corrected chi connectivity index (χ1v) is 8.03. The number of hydrogen-bond donors (Lipinski definition) is 2. The molecule has 2 rings (SSSR count). The Kier molecular flexibility index (Phi) is 5.35. The maximum Gasteiger partial charge on any atom is 0.138 e. The molecule has 3 N–H and O–H groups in total. The molecule has 120 valence electrons. The van der Waals surface area contributed by atoms with Crippen molar-refractivity contribution in [3.63, 3.8) is 0 Å². The van der Waals surface area contributed by atoms with Gasteiger partial charge in [0.1, 0.15) is 12.2 Å². The minimum absolute atomic E-state index is 0.0138. The molecule has 21 heavy (non-hydrogen) atoms. The van der Waals surface area contributed by atoms with Gasteiger partial charge in [-0.15, -0.1) is 0 Å². The van der Waals surface area contributed by atoms with Crippen molar-refractivity contribution in [1.82, 2.24) is 25.1 Å². The summed E-state index contributed by atoms with van der Waals surface area (Å²) in [5, 5.41) is 4.35. The predicted octanol–water partition coefficient (Wildman–Crippen LogP) is 1.18. The fourth-order valence-corrected chi connectivity index (χ4v) is 3.15. The molecule has 0 amide bonds. The summed E-state index contributed by atoms with van der Waals surface area (Å²) >= 11 is 0. The average Bonchev–Trinajstić information content (AvgIpc) is 3.06. The highest BCUT2D eigenvalue weighted by atomic mass is 15.3. The minimum Gasteiger partial charge on any atom is -0.297 e. The molecule has 0 saturated carbocycles. The van der Waals surface area contributed by atoms with E-state index in [-0.39, 0.29) is 11.6 Å². The molecular weight excluding hydrogens is 264 g/mol. The van der Waals surface area contributed by atoms with Crippen molar-refractivity contribution >= 4 is 0 Å². The van der Waals surface area contributed by atoms with Crippen LogP contribution in [0.5, 0.6) is 0 Å². The van der Waals surface area contributed by atoms with Gasteiger partial charge in [-0.05, 0) is 45.7 Å². The summed E-state index contributed by atoms with van der Waals surface area (Å²) in [6.07, 6.45) is 5.01. The third-order valence-electron chi connectivity index (χ3n) is 4.60. The second-order valence-corrected chi connectivity index (χ2v) is 7.02. The lowest BCUT2D eigenvalue weighted by molar-refractivity contribution is 0.105. The summed E-state index contributed by atoms with van der Waals surface area (Å²) in [7, 11) is 0. The highest BCUT2D eigenvalue weighted by Crippen LogP contribution is 2.25. The molecule has 2 heterocycles. The largest absolute Gasteiger partial charge is 0.297 e. The van der Waals surface area contributed by atoms with E-state index in [2.05, 4.69) is 48.1 Å². The third kappa shape index (κ3) is 3.81. The van der Waals surface area contributed by atoms with Gasteiger partial charge in [0.2, 0.25) is 0 Å². The van der Waals surface area contributed by atoms with Crippen LogP contribution in [0.15, 0.2) is 6.33 Å². The van der Waals surface area contributed by atoms with E-state index in [1.54, 1.807) is 6.33 Å². The second-order valence-electron chi connectivity index (χ2n) is 7.02. The molecule has 1 aliphatic heterocycles. The van der Waals surface area contributed by atoms with Gasteiger partial charge in [-0.2, -0.15) is 5.10 Å². The van der Waals surface area contributed by atoms with Crippen molar-refractivity contribution in [2.24, 2.45) is 11.8 Å². The molecule has 1 fully saturated rings. The van der Waals surface area contributed by atoms with Crippen molar-refractivity contribution in [2.75, 3.05) is 13.1 Å². The molecule has 0 bridgehead atoms. The topological polar surface area (TPSA) is 72.0 Å². The molecule has 1 aliphatic rings. The highest BCUT2D eigenvalue weighted by Gasteiger charge is 2.37. The fraction of sp³-hybridized carbons (Fsp3) is 0.867. The van der Waals surface area contributed by atoms with Crippen LogP contribution in [0.1, 0.15) is 46.4 Å². The molecule has 0 aromatic carbocycles. The van der Waals surface area contributed by atoms with E-state index < -0.39 is 0 Å². The van der Waals surface area contributed by atoms with E-state index in [4.69, 9.17) is 5.84 Å². The zero-order chi connectivity index (χ0) is 15.5. The van der Waals surface area contributed by atoms with E-state index in [1.807, 2.05) is 4.68 Å². The van der Waals surface area contributed by atoms with E-state index in [0.29, 0.717) is 5.92 Å². The van der Waals surface area contributed by atoms with Crippen LogP contribution < -0.4 is 11.3 Å². The lowest BCUT2D eigenvalue weighted by atomic mass is 9.90. The van der Waals surface area contributed by atoms with Crippen LogP contribution in [0.3, 0.4) is 0 Å². The first-order valence-electron chi connectivity index (χ1n) is 8.03. The van der Waals surface area contributed by atoms with Crippen LogP contribution in [0, 0.1) is 5.92 Å².